The van der Waals surface area contributed by atoms with Crippen LogP contribution in [0.1, 0.15) is 27.2 Å². The summed E-state index contributed by atoms with van der Waals surface area (Å²) >= 11 is 1.82. The molecule has 0 aliphatic carbocycles. The van der Waals surface area contributed by atoms with Crippen molar-refractivity contribution in [1.82, 2.24) is 5.32 Å². The first-order valence-corrected chi connectivity index (χ1v) is 5.81. The Hall–Kier alpha value is 0.270. The van der Waals surface area contributed by atoms with Crippen molar-refractivity contribution >= 4 is 11.8 Å². The van der Waals surface area contributed by atoms with Crippen molar-refractivity contribution < 1.29 is 5.11 Å². The summed E-state index contributed by atoms with van der Waals surface area (Å²) in [4.78, 5) is 0. The van der Waals surface area contributed by atoms with Gasteiger partial charge in [-0.1, -0.05) is 20.8 Å². The highest BCUT2D eigenvalue weighted by Crippen LogP contribution is 2.03. The molecule has 0 saturated carbocycles. The Morgan fingerprint density at radius 1 is 1.42 bits per heavy atom. The van der Waals surface area contributed by atoms with Crippen LogP contribution in [-0.4, -0.2) is 35.3 Å². The van der Waals surface area contributed by atoms with E-state index in [0.29, 0.717) is 12.6 Å². The maximum Gasteiger partial charge on any atom is 0.0754 e. The number of aliphatic hydroxyl groups is 1. The summed E-state index contributed by atoms with van der Waals surface area (Å²) in [6.07, 6.45) is 0.999. The molecule has 0 aliphatic rings. The van der Waals surface area contributed by atoms with Gasteiger partial charge in [0.1, 0.15) is 0 Å². The molecule has 0 radical (unpaired) electrons. The van der Waals surface area contributed by atoms with Crippen LogP contribution in [0.15, 0.2) is 0 Å². The summed E-state index contributed by atoms with van der Waals surface area (Å²) in [5.41, 5.74) is 0. The molecule has 3 heteroatoms. The molecule has 0 heterocycles. The molecule has 1 atom stereocenters. The molecule has 0 aliphatic heterocycles. The van der Waals surface area contributed by atoms with E-state index in [-0.39, 0.29) is 6.10 Å². The van der Waals surface area contributed by atoms with Gasteiger partial charge in [-0.05, 0) is 12.2 Å². The molecule has 0 aromatic rings. The topological polar surface area (TPSA) is 32.3 Å². The van der Waals surface area contributed by atoms with Crippen LogP contribution in [0.3, 0.4) is 0 Å². The summed E-state index contributed by atoms with van der Waals surface area (Å²) in [7, 11) is 0. The smallest absolute Gasteiger partial charge is 0.0754 e. The van der Waals surface area contributed by atoms with Crippen LogP contribution in [0.25, 0.3) is 0 Å². The molecule has 0 fully saturated rings. The third-order valence-corrected chi connectivity index (χ3v) is 2.74. The van der Waals surface area contributed by atoms with E-state index in [0.717, 1.165) is 11.5 Å². The summed E-state index contributed by atoms with van der Waals surface area (Å²) in [6.45, 7) is 7.05. The normalized spacial score (nSPS) is 13.8. The third-order valence-electron chi connectivity index (χ3n) is 1.42. The fraction of sp³-hybridized carbons (Fsp3) is 1.00. The number of rotatable bonds is 7. The number of aliphatic hydroxyl groups excluding tert-OH is 1. The highest BCUT2D eigenvalue weighted by molar-refractivity contribution is 7.99. The van der Waals surface area contributed by atoms with Gasteiger partial charge in [-0.2, -0.15) is 11.8 Å². The highest BCUT2D eigenvalue weighted by atomic mass is 32.2. The molecule has 0 rings (SSSR count). The monoisotopic (exact) mass is 191 g/mol. The molecule has 0 aromatic carbocycles. The van der Waals surface area contributed by atoms with Crippen molar-refractivity contribution in [2.45, 2.75) is 39.3 Å². The lowest BCUT2D eigenvalue weighted by molar-refractivity contribution is 0.192. The lowest BCUT2D eigenvalue weighted by Gasteiger charge is -2.13. The molecular formula is C9H21NOS. The molecule has 0 bridgehead atoms. The van der Waals surface area contributed by atoms with Crippen LogP contribution in [-0.2, 0) is 0 Å². The van der Waals surface area contributed by atoms with E-state index in [1.54, 1.807) is 0 Å². The molecule has 12 heavy (non-hydrogen) atoms. The van der Waals surface area contributed by atoms with Gasteiger partial charge >= 0.3 is 0 Å². The maximum absolute atomic E-state index is 9.44. The fourth-order valence-electron chi connectivity index (χ4n) is 0.794. The van der Waals surface area contributed by atoms with Crippen molar-refractivity contribution in [2.75, 3.05) is 18.1 Å². The summed E-state index contributed by atoms with van der Waals surface area (Å²) < 4.78 is 0. The quantitative estimate of drug-likeness (QED) is 0.598. The average molecular weight is 191 g/mol. The van der Waals surface area contributed by atoms with Gasteiger partial charge in [-0.25, -0.2) is 0 Å². The minimum absolute atomic E-state index is 0.191. The molecule has 1 unspecified atom stereocenters. The number of nitrogens with one attached hydrogen (secondary N) is 1. The molecule has 2 N–H and O–H groups in total. The van der Waals surface area contributed by atoms with E-state index < -0.39 is 0 Å². The Morgan fingerprint density at radius 2 is 2.08 bits per heavy atom. The van der Waals surface area contributed by atoms with Gasteiger partial charge in [0.25, 0.3) is 0 Å². The number of thioether (sulfide) groups is 1. The summed E-state index contributed by atoms with van der Waals surface area (Å²) in [6, 6.07) is 0.468. The van der Waals surface area contributed by atoms with Gasteiger partial charge in [-0.3, -0.25) is 0 Å². The zero-order valence-electron chi connectivity index (χ0n) is 8.34. The highest BCUT2D eigenvalue weighted by Gasteiger charge is 2.03. The number of hydrogen-bond acceptors (Lipinski definition) is 3. The second kappa shape index (κ2) is 7.90. The third kappa shape index (κ3) is 8.37. The van der Waals surface area contributed by atoms with Crippen molar-refractivity contribution in [3.8, 4) is 0 Å². The molecular weight excluding hydrogens is 170 g/mol. The van der Waals surface area contributed by atoms with Gasteiger partial charge in [0.05, 0.1) is 6.10 Å². The Labute approximate surface area is 80.1 Å². The van der Waals surface area contributed by atoms with Gasteiger partial charge in [-0.15, -0.1) is 0 Å². The lowest BCUT2D eigenvalue weighted by atomic mass is 10.3. The van der Waals surface area contributed by atoms with Crippen LogP contribution in [0, 0.1) is 0 Å². The molecule has 0 spiro atoms. The van der Waals surface area contributed by atoms with Crippen molar-refractivity contribution in [3.05, 3.63) is 0 Å². The molecule has 2 nitrogen and oxygen atoms in total. The largest absolute Gasteiger partial charge is 0.391 e. The van der Waals surface area contributed by atoms with E-state index in [9.17, 15) is 5.11 Å². The fourth-order valence-corrected chi connectivity index (χ4v) is 1.64. The lowest BCUT2D eigenvalue weighted by Crippen LogP contribution is -2.33. The molecule has 0 aromatic heterocycles. The Balaban J connectivity index is 3.15. The minimum atomic E-state index is -0.191. The van der Waals surface area contributed by atoms with E-state index in [1.165, 1.54) is 6.42 Å². The van der Waals surface area contributed by atoms with Crippen molar-refractivity contribution in [2.24, 2.45) is 0 Å². The Bertz CT molecular complexity index is 98.5. The Morgan fingerprint density at radius 3 is 2.58 bits per heavy atom. The van der Waals surface area contributed by atoms with Crippen LogP contribution >= 0.6 is 11.8 Å². The average Bonchev–Trinajstić information content (AvgIpc) is 2.01. The van der Waals surface area contributed by atoms with Crippen molar-refractivity contribution in [3.63, 3.8) is 0 Å². The predicted octanol–water partition coefficient (Wildman–Crippen LogP) is 1.49. The van der Waals surface area contributed by atoms with E-state index in [1.807, 2.05) is 11.8 Å². The van der Waals surface area contributed by atoms with E-state index >= 15 is 0 Å². The van der Waals surface area contributed by atoms with Gasteiger partial charge < -0.3 is 10.4 Å². The van der Waals surface area contributed by atoms with Crippen molar-refractivity contribution in [1.29, 1.82) is 0 Å². The summed E-state index contributed by atoms with van der Waals surface area (Å²) in [5, 5.41) is 12.7. The Kier molecular flexibility index (Phi) is 8.07. The second-order valence-corrected chi connectivity index (χ2v) is 4.44. The zero-order valence-corrected chi connectivity index (χ0v) is 9.16. The van der Waals surface area contributed by atoms with Gasteiger partial charge in [0.2, 0.25) is 0 Å². The van der Waals surface area contributed by atoms with Crippen LogP contribution in [0.5, 0.6) is 0 Å². The molecule has 74 valence electrons. The first kappa shape index (κ1) is 12.3. The first-order valence-electron chi connectivity index (χ1n) is 4.66. The SMILES string of the molecule is CCCSCC(O)CNC(C)C. The van der Waals surface area contributed by atoms with Crippen LogP contribution < -0.4 is 5.32 Å². The standard InChI is InChI=1S/C9H21NOS/c1-4-5-12-7-9(11)6-10-8(2)3/h8-11H,4-7H2,1-3H3. The van der Waals surface area contributed by atoms with Gasteiger partial charge in [0.15, 0.2) is 0 Å². The molecule has 0 saturated heterocycles. The second-order valence-electron chi connectivity index (χ2n) is 3.29. The maximum atomic E-state index is 9.44. The van der Waals surface area contributed by atoms with E-state index in [2.05, 4.69) is 26.1 Å². The number of hydrogen-bond donors (Lipinski definition) is 2. The summed E-state index contributed by atoms with van der Waals surface area (Å²) in [5.74, 6) is 2.01. The zero-order chi connectivity index (χ0) is 9.40. The molecule has 0 amide bonds. The van der Waals surface area contributed by atoms with E-state index in [4.69, 9.17) is 0 Å². The first-order chi connectivity index (χ1) is 5.66. The minimum Gasteiger partial charge on any atom is -0.391 e. The van der Waals surface area contributed by atoms with Gasteiger partial charge in [0, 0.05) is 18.3 Å². The van der Waals surface area contributed by atoms with Crippen LogP contribution in [0.4, 0.5) is 0 Å². The predicted molar refractivity (Wildman–Crippen MR) is 56.8 cm³/mol. The van der Waals surface area contributed by atoms with Crippen LogP contribution in [0.2, 0.25) is 0 Å².